The van der Waals surface area contributed by atoms with Gasteiger partial charge in [0.1, 0.15) is 0 Å². The van der Waals surface area contributed by atoms with Crippen LogP contribution in [0, 0.1) is 6.92 Å². The molecule has 188 valence electrons. The SMILES string of the molecule is CCOC(=O)C1(c2ccc(NC(=O)Cc3ccc(N(C)S(=O)(=O)c4ccc(C)cc4)cc3)cc2)CC1. The number of anilines is 2. The quantitative estimate of drug-likeness (QED) is 0.429. The van der Waals surface area contributed by atoms with Gasteiger partial charge < -0.3 is 10.1 Å². The van der Waals surface area contributed by atoms with Crippen LogP contribution in [0.25, 0.3) is 0 Å². The Morgan fingerprint density at radius 1 is 0.944 bits per heavy atom. The average molecular weight is 507 g/mol. The number of hydrogen-bond acceptors (Lipinski definition) is 5. The monoisotopic (exact) mass is 506 g/mol. The molecule has 3 aromatic carbocycles. The number of sulfonamides is 1. The minimum absolute atomic E-state index is 0.142. The molecule has 0 atom stereocenters. The van der Waals surface area contributed by atoms with E-state index in [1.54, 1.807) is 67.6 Å². The zero-order valence-electron chi connectivity index (χ0n) is 20.7. The van der Waals surface area contributed by atoms with Crippen molar-refractivity contribution in [2.24, 2.45) is 0 Å². The Morgan fingerprint density at radius 3 is 2.11 bits per heavy atom. The van der Waals surface area contributed by atoms with Crippen LogP contribution in [-0.4, -0.2) is 33.9 Å². The van der Waals surface area contributed by atoms with Gasteiger partial charge in [0.15, 0.2) is 0 Å². The van der Waals surface area contributed by atoms with E-state index in [-0.39, 0.29) is 23.2 Å². The van der Waals surface area contributed by atoms with Crippen LogP contribution in [0.15, 0.2) is 77.7 Å². The maximum absolute atomic E-state index is 12.9. The summed E-state index contributed by atoms with van der Waals surface area (Å²) in [6.45, 7) is 4.06. The lowest BCUT2D eigenvalue weighted by Gasteiger charge is -2.20. The van der Waals surface area contributed by atoms with Gasteiger partial charge in [-0.25, -0.2) is 8.42 Å². The first kappa shape index (κ1) is 25.4. The molecule has 3 aromatic rings. The number of rotatable bonds is 9. The molecule has 1 amide bonds. The van der Waals surface area contributed by atoms with E-state index >= 15 is 0 Å². The topological polar surface area (TPSA) is 92.8 Å². The van der Waals surface area contributed by atoms with Crippen LogP contribution in [0.5, 0.6) is 0 Å². The third-order valence-electron chi connectivity index (χ3n) is 6.48. The minimum Gasteiger partial charge on any atom is -0.465 e. The molecule has 1 fully saturated rings. The number of nitrogens with one attached hydrogen (secondary N) is 1. The molecule has 0 radical (unpaired) electrons. The lowest BCUT2D eigenvalue weighted by molar-refractivity contribution is -0.146. The number of ether oxygens (including phenoxy) is 1. The lowest BCUT2D eigenvalue weighted by atomic mass is 9.96. The zero-order valence-corrected chi connectivity index (χ0v) is 21.5. The third-order valence-corrected chi connectivity index (χ3v) is 8.28. The summed E-state index contributed by atoms with van der Waals surface area (Å²) in [7, 11) is -2.17. The van der Waals surface area contributed by atoms with Crippen molar-refractivity contribution in [3.05, 3.63) is 89.5 Å². The fourth-order valence-electron chi connectivity index (χ4n) is 4.10. The Morgan fingerprint density at radius 2 is 1.56 bits per heavy atom. The van der Waals surface area contributed by atoms with E-state index in [2.05, 4.69) is 5.32 Å². The number of carbonyl (C=O) groups is 2. The van der Waals surface area contributed by atoms with E-state index < -0.39 is 15.4 Å². The molecule has 1 aliphatic carbocycles. The molecule has 0 spiro atoms. The average Bonchev–Trinajstić information content (AvgIpc) is 3.67. The first-order valence-electron chi connectivity index (χ1n) is 11.9. The lowest BCUT2D eigenvalue weighted by Crippen LogP contribution is -2.26. The van der Waals surface area contributed by atoms with Crippen LogP contribution in [0.2, 0.25) is 0 Å². The van der Waals surface area contributed by atoms with Crippen LogP contribution >= 0.6 is 0 Å². The summed E-state index contributed by atoms with van der Waals surface area (Å²) < 4.78 is 32.2. The van der Waals surface area contributed by atoms with Gasteiger partial charge >= 0.3 is 5.97 Å². The van der Waals surface area contributed by atoms with Gasteiger partial charge in [0.25, 0.3) is 10.0 Å². The van der Waals surface area contributed by atoms with Gasteiger partial charge in [-0.1, -0.05) is 42.0 Å². The zero-order chi connectivity index (χ0) is 25.9. The Hall–Kier alpha value is -3.65. The molecule has 8 heteroatoms. The normalized spacial score (nSPS) is 14.1. The van der Waals surface area contributed by atoms with Crippen LogP contribution < -0.4 is 9.62 Å². The largest absolute Gasteiger partial charge is 0.465 e. The van der Waals surface area contributed by atoms with Gasteiger partial charge in [-0.05, 0) is 74.2 Å². The van der Waals surface area contributed by atoms with Gasteiger partial charge in [-0.15, -0.1) is 0 Å². The van der Waals surface area contributed by atoms with E-state index in [0.29, 0.717) is 18.0 Å². The highest BCUT2D eigenvalue weighted by Crippen LogP contribution is 2.49. The predicted molar refractivity (Wildman–Crippen MR) is 140 cm³/mol. The van der Waals surface area contributed by atoms with E-state index in [4.69, 9.17) is 4.74 Å². The molecule has 0 unspecified atom stereocenters. The molecule has 0 bridgehead atoms. The van der Waals surface area contributed by atoms with Crippen LogP contribution in [-0.2, 0) is 36.2 Å². The first-order valence-corrected chi connectivity index (χ1v) is 13.3. The number of amides is 1. The highest BCUT2D eigenvalue weighted by Gasteiger charge is 2.52. The van der Waals surface area contributed by atoms with Gasteiger partial charge in [0.2, 0.25) is 5.91 Å². The molecule has 36 heavy (non-hydrogen) atoms. The Bertz CT molecular complexity index is 1340. The second-order valence-electron chi connectivity index (χ2n) is 9.06. The summed E-state index contributed by atoms with van der Waals surface area (Å²) in [4.78, 5) is 25.1. The van der Waals surface area contributed by atoms with Crippen molar-refractivity contribution in [3.63, 3.8) is 0 Å². The molecule has 0 aliphatic heterocycles. The fraction of sp³-hybridized carbons (Fsp3) is 0.286. The third kappa shape index (κ3) is 5.28. The number of esters is 1. The molecule has 0 saturated heterocycles. The van der Waals surface area contributed by atoms with Gasteiger partial charge in [-0.2, -0.15) is 0 Å². The van der Waals surface area contributed by atoms with Crippen molar-refractivity contribution >= 4 is 33.3 Å². The Labute approximate surface area is 212 Å². The van der Waals surface area contributed by atoms with Crippen molar-refractivity contribution < 1.29 is 22.7 Å². The van der Waals surface area contributed by atoms with E-state index in [1.807, 2.05) is 19.1 Å². The minimum atomic E-state index is -3.68. The summed E-state index contributed by atoms with van der Waals surface area (Å²) in [6, 6.07) is 20.9. The molecule has 1 N–H and O–H groups in total. The molecule has 4 rings (SSSR count). The number of aryl methyl sites for hydroxylation is 1. The maximum atomic E-state index is 12.9. The molecular weight excluding hydrogens is 476 g/mol. The van der Waals surface area contributed by atoms with Crippen molar-refractivity contribution in [1.29, 1.82) is 0 Å². The van der Waals surface area contributed by atoms with E-state index in [0.717, 1.165) is 29.5 Å². The van der Waals surface area contributed by atoms with Crippen LogP contribution in [0.1, 0.15) is 36.5 Å². The highest BCUT2D eigenvalue weighted by atomic mass is 32.2. The smallest absolute Gasteiger partial charge is 0.316 e. The van der Waals surface area contributed by atoms with Gasteiger partial charge in [-0.3, -0.25) is 13.9 Å². The molecule has 0 heterocycles. The number of benzene rings is 3. The first-order chi connectivity index (χ1) is 17.2. The standard InChI is InChI=1S/C28H30N2O5S/c1-4-35-27(32)28(17-18-28)22-9-11-23(12-10-22)29-26(31)19-21-7-13-24(14-8-21)30(3)36(33,34)25-15-5-20(2)6-16-25/h5-16H,4,17-19H2,1-3H3,(H,29,31). The van der Waals surface area contributed by atoms with Crippen molar-refractivity contribution in [2.45, 2.75) is 43.4 Å². The molecule has 1 aliphatic rings. The Kier molecular flexibility index (Phi) is 7.17. The highest BCUT2D eigenvalue weighted by molar-refractivity contribution is 7.92. The van der Waals surface area contributed by atoms with E-state index in [1.165, 1.54) is 11.4 Å². The van der Waals surface area contributed by atoms with Crippen molar-refractivity contribution in [2.75, 3.05) is 23.3 Å². The number of nitrogens with zero attached hydrogens (tertiary/aromatic N) is 1. The fourth-order valence-corrected chi connectivity index (χ4v) is 5.29. The van der Waals surface area contributed by atoms with Crippen LogP contribution in [0.4, 0.5) is 11.4 Å². The number of carbonyl (C=O) groups excluding carboxylic acids is 2. The molecule has 1 saturated carbocycles. The predicted octanol–water partition coefficient (Wildman–Crippen LogP) is 4.60. The van der Waals surface area contributed by atoms with Crippen LogP contribution in [0.3, 0.4) is 0 Å². The van der Waals surface area contributed by atoms with Gasteiger partial charge in [0, 0.05) is 12.7 Å². The summed E-state index contributed by atoms with van der Waals surface area (Å²) in [6.07, 6.45) is 1.69. The summed E-state index contributed by atoms with van der Waals surface area (Å²) >= 11 is 0. The van der Waals surface area contributed by atoms with Gasteiger partial charge in [0.05, 0.1) is 29.0 Å². The Balaban J connectivity index is 1.36. The second-order valence-corrected chi connectivity index (χ2v) is 11.0. The summed E-state index contributed by atoms with van der Waals surface area (Å²) in [5.74, 6) is -0.384. The van der Waals surface area contributed by atoms with Crippen molar-refractivity contribution in [1.82, 2.24) is 0 Å². The number of hydrogen-bond donors (Lipinski definition) is 1. The second kappa shape index (κ2) is 10.1. The summed E-state index contributed by atoms with van der Waals surface area (Å²) in [5.41, 5.74) is 3.25. The molecule has 0 aromatic heterocycles. The van der Waals surface area contributed by atoms with Crippen molar-refractivity contribution in [3.8, 4) is 0 Å². The maximum Gasteiger partial charge on any atom is 0.316 e. The molecule has 7 nitrogen and oxygen atoms in total. The summed E-state index contributed by atoms with van der Waals surface area (Å²) in [5, 5.41) is 2.87. The molecular formula is C28H30N2O5S. The van der Waals surface area contributed by atoms with E-state index in [9.17, 15) is 18.0 Å².